The maximum Gasteiger partial charge on any atom is 0.247 e. The van der Waals surface area contributed by atoms with E-state index >= 15 is 0 Å². The van der Waals surface area contributed by atoms with Gasteiger partial charge in [-0.2, -0.15) is 0 Å². The summed E-state index contributed by atoms with van der Waals surface area (Å²) in [7, 11) is -0.910. The van der Waals surface area contributed by atoms with Gasteiger partial charge in [0.2, 0.25) is 15.9 Å². The molecule has 0 bridgehead atoms. The first kappa shape index (κ1) is 15.9. The monoisotopic (exact) mass is 306 g/mol. The predicted octanol–water partition coefficient (Wildman–Crippen LogP) is 1.03. The molecule has 0 aliphatic heterocycles. The molecule has 0 atom stereocenters. The van der Waals surface area contributed by atoms with Crippen molar-refractivity contribution in [3.05, 3.63) is 29.3 Å². The van der Waals surface area contributed by atoms with Crippen molar-refractivity contribution in [2.45, 2.75) is 11.3 Å². The Hall–Kier alpha value is -1.15. The molecule has 1 rings (SSSR count). The smallest absolute Gasteiger partial charge is 0.247 e. The van der Waals surface area contributed by atoms with E-state index in [2.05, 4.69) is 9.56 Å². The molecule has 6 nitrogen and oxygen atoms in total. The van der Waals surface area contributed by atoms with Crippen molar-refractivity contribution in [3.63, 3.8) is 0 Å². The number of rotatable bonds is 6. The van der Waals surface area contributed by atoms with Crippen molar-refractivity contribution in [1.82, 2.24) is 9.79 Å². The fourth-order valence-electron chi connectivity index (χ4n) is 1.29. The Morgan fingerprint density at radius 1 is 1.42 bits per heavy atom. The summed E-state index contributed by atoms with van der Waals surface area (Å²) in [5, 5.41) is 1.17. The average Bonchev–Trinajstić information content (AvgIpc) is 2.37. The molecule has 106 valence electrons. The average molecular weight is 307 g/mol. The molecule has 19 heavy (non-hydrogen) atoms. The fraction of sp³-hybridized carbons (Fsp3) is 0.364. The van der Waals surface area contributed by atoms with Gasteiger partial charge in [0.1, 0.15) is 4.90 Å². The summed E-state index contributed by atoms with van der Waals surface area (Å²) in [4.78, 5) is 16.1. The van der Waals surface area contributed by atoms with Crippen molar-refractivity contribution >= 4 is 27.5 Å². The number of carbonyl (C=O) groups excluding carboxylic acids is 1. The van der Waals surface area contributed by atoms with Crippen LogP contribution < -0.4 is 4.72 Å². The molecule has 8 heteroatoms. The normalized spacial score (nSPS) is 11.3. The van der Waals surface area contributed by atoms with Gasteiger partial charge in [-0.25, -0.2) is 18.2 Å². The zero-order valence-corrected chi connectivity index (χ0v) is 12.2. The van der Waals surface area contributed by atoms with E-state index in [-0.39, 0.29) is 28.8 Å². The van der Waals surface area contributed by atoms with Gasteiger partial charge in [0.25, 0.3) is 0 Å². The minimum absolute atomic E-state index is 0.00593. The number of benzene rings is 1. The lowest BCUT2D eigenvalue weighted by Crippen LogP contribution is -2.31. The maximum absolute atomic E-state index is 11.9. The first-order valence-electron chi connectivity index (χ1n) is 5.43. The van der Waals surface area contributed by atoms with Crippen LogP contribution in [0.1, 0.15) is 6.42 Å². The molecule has 1 aromatic rings. The van der Waals surface area contributed by atoms with Gasteiger partial charge in [0.05, 0.1) is 12.1 Å². The summed E-state index contributed by atoms with van der Waals surface area (Å²) in [6.45, 7) is -0.0277. The molecule has 0 saturated heterocycles. The number of hydrogen-bond donors (Lipinski definition) is 1. The number of amides is 1. The van der Waals surface area contributed by atoms with Crippen molar-refractivity contribution in [2.75, 3.05) is 20.7 Å². The van der Waals surface area contributed by atoms with Gasteiger partial charge >= 0.3 is 0 Å². The summed E-state index contributed by atoms with van der Waals surface area (Å²) in [5.74, 6) is -0.329. The molecule has 0 spiro atoms. The quantitative estimate of drug-likeness (QED) is 0.796. The minimum atomic E-state index is -3.71. The van der Waals surface area contributed by atoms with Crippen LogP contribution in [-0.4, -0.2) is 40.1 Å². The number of halogens is 1. The van der Waals surface area contributed by atoms with Gasteiger partial charge in [-0.3, -0.25) is 9.63 Å². The van der Waals surface area contributed by atoms with Gasteiger partial charge < -0.3 is 0 Å². The van der Waals surface area contributed by atoms with Crippen LogP contribution in [0.2, 0.25) is 5.02 Å². The Morgan fingerprint density at radius 2 is 2.05 bits per heavy atom. The molecular weight excluding hydrogens is 292 g/mol. The molecule has 1 N–H and O–H groups in total. The number of nitrogens with zero attached hydrogens (tertiary/aromatic N) is 1. The van der Waals surface area contributed by atoms with Gasteiger partial charge in [0.15, 0.2) is 0 Å². The van der Waals surface area contributed by atoms with Gasteiger partial charge in [0, 0.05) is 20.0 Å². The van der Waals surface area contributed by atoms with Gasteiger partial charge in [-0.1, -0.05) is 23.7 Å². The van der Waals surface area contributed by atoms with E-state index in [4.69, 9.17) is 11.6 Å². The molecule has 0 aromatic heterocycles. The molecule has 1 aromatic carbocycles. The summed E-state index contributed by atoms with van der Waals surface area (Å²) in [5.41, 5.74) is 0. The molecule has 0 radical (unpaired) electrons. The Kier molecular flexibility index (Phi) is 5.74. The highest BCUT2D eigenvalue weighted by Crippen LogP contribution is 2.19. The van der Waals surface area contributed by atoms with E-state index in [1.807, 2.05) is 0 Å². The highest BCUT2D eigenvalue weighted by molar-refractivity contribution is 7.89. The van der Waals surface area contributed by atoms with Crippen LogP contribution in [0.5, 0.6) is 0 Å². The summed E-state index contributed by atoms with van der Waals surface area (Å²) in [6, 6.07) is 6.09. The first-order valence-corrected chi connectivity index (χ1v) is 7.29. The highest BCUT2D eigenvalue weighted by Gasteiger charge is 2.17. The summed E-state index contributed by atoms with van der Waals surface area (Å²) >= 11 is 5.81. The second kappa shape index (κ2) is 6.85. The molecule has 0 aliphatic carbocycles. The van der Waals surface area contributed by atoms with E-state index in [1.165, 1.54) is 26.3 Å². The second-order valence-corrected chi connectivity index (χ2v) is 5.79. The maximum atomic E-state index is 11.9. The van der Waals surface area contributed by atoms with E-state index in [9.17, 15) is 13.2 Å². The third-order valence-electron chi connectivity index (χ3n) is 2.38. The molecular formula is C11H15ClN2O4S. The zero-order chi connectivity index (χ0) is 14.5. The van der Waals surface area contributed by atoms with Crippen LogP contribution >= 0.6 is 11.6 Å². The van der Waals surface area contributed by atoms with E-state index in [1.54, 1.807) is 12.1 Å². The molecule has 0 heterocycles. The molecule has 1 amide bonds. The fourth-order valence-corrected chi connectivity index (χ4v) is 2.84. The number of hydroxylamine groups is 2. The van der Waals surface area contributed by atoms with Crippen LogP contribution in [0.25, 0.3) is 0 Å². The van der Waals surface area contributed by atoms with Gasteiger partial charge in [-0.15, -0.1) is 0 Å². The van der Waals surface area contributed by atoms with Gasteiger partial charge in [-0.05, 0) is 12.1 Å². The number of carbonyl (C=O) groups is 1. The van der Waals surface area contributed by atoms with Crippen LogP contribution in [0.15, 0.2) is 29.2 Å². The van der Waals surface area contributed by atoms with Crippen LogP contribution in [0, 0.1) is 0 Å². The summed E-state index contributed by atoms with van der Waals surface area (Å²) < 4.78 is 26.2. The summed E-state index contributed by atoms with van der Waals surface area (Å²) in [6.07, 6.45) is -0.00593. The molecule has 0 saturated carbocycles. The van der Waals surface area contributed by atoms with E-state index < -0.39 is 10.0 Å². The van der Waals surface area contributed by atoms with Crippen LogP contribution in [0.4, 0.5) is 0 Å². The topological polar surface area (TPSA) is 75.7 Å². The SMILES string of the molecule is CON(C)C(=O)CCNS(=O)(=O)c1ccccc1Cl. The highest BCUT2D eigenvalue weighted by atomic mass is 35.5. The van der Waals surface area contributed by atoms with Crippen molar-refractivity contribution < 1.29 is 18.0 Å². The third kappa shape index (κ3) is 4.46. The lowest BCUT2D eigenvalue weighted by molar-refractivity contribution is -0.168. The molecule has 0 aliphatic rings. The number of sulfonamides is 1. The lowest BCUT2D eigenvalue weighted by Gasteiger charge is -2.13. The largest absolute Gasteiger partial charge is 0.275 e. The van der Waals surface area contributed by atoms with Crippen LogP contribution in [-0.2, 0) is 19.7 Å². The lowest BCUT2D eigenvalue weighted by atomic mass is 10.4. The van der Waals surface area contributed by atoms with Crippen molar-refractivity contribution in [1.29, 1.82) is 0 Å². The third-order valence-corrected chi connectivity index (χ3v) is 4.34. The zero-order valence-electron chi connectivity index (χ0n) is 10.6. The molecule has 0 unspecified atom stereocenters. The van der Waals surface area contributed by atoms with Crippen molar-refractivity contribution in [2.24, 2.45) is 0 Å². The van der Waals surface area contributed by atoms with Crippen LogP contribution in [0.3, 0.4) is 0 Å². The Morgan fingerprint density at radius 3 is 2.63 bits per heavy atom. The first-order chi connectivity index (χ1) is 8.88. The Bertz CT molecular complexity index is 547. The number of nitrogens with one attached hydrogen (secondary N) is 1. The standard InChI is InChI=1S/C11H15ClN2O4S/c1-14(18-2)11(15)7-8-13-19(16,17)10-6-4-3-5-9(10)12/h3-6,13H,7-8H2,1-2H3. The van der Waals surface area contributed by atoms with Crippen molar-refractivity contribution in [3.8, 4) is 0 Å². The Balaban J connectivity index is 2.63. The van der Waals surface area contributed by atoms with E-state index in [0.717, 1.165) is 5.06 Å². The predicted molar refractivity (Wildman–Crippen MR) is 71.0 cm³/mol. The Labute approximate surface area is 117 Å². The second-order valence-electron chi connectivity index (χ2n) is 3.65. The minimum Gasteiger partial charge on any atom is -0.275 e. The number of hydrogen-bond acceptors (Lipinski definition) is 4. The van der Waals surface area contributed by atoms with E-state index in [0.29, 0.717) is 0 Å². The molecule has 0 fully saturated rings.